The van der Waals surface area contributed by atoms with E-state index in [0.717, 1.165) is 12.8 Å². The fraction of sp³-hybridized carbons (Fsp3) is 0.700. The molecule has 1 heterocycles. The molecular formula is C10H16N2O4S2. The molecule has 0 aromatic carbocycles. The van der Waals surface area contributed by atoms with E-state index in [1.165, 1.54) is 0 Å². The van der Waals surface area contributed by atoms with E-state index in [1.54, 1.807) is 6.92 Å². The van der Waals surface area contributed by atoms with E-state index in [9.17, 15) is 18.3 Å². The van der Waals surface area contributed by atoms with Crippen molar-refractivity contribution in [2.24, 2.45) is 0 Å². The average molecular weight is 292 g/mol. The van der Waals surface area contributed by atoms with Crippen LogP contribution in [0, 0.1) is 6.92 Å². The summed E-state index contributed by atoms with van der Waals surface area (Å²) < 4.78 is 26.7. The molecule has 8 heteroatoms. The molecule has 0 bridgehead atoms. The summed E-state index contributed by atoms with van der Waals surface area (Å²) in [6.07, 6.45) is 2.39. The molecule has 0 saturated heterocycles. The maximum absolute atomic E-state index is 12.1. The van der Waals surface area contributed by atoms with Gasteiger partial charge in [-0.3, -0.25) is 4.79 Å². The van der Waals surface area contributed by atoms with E-state index in [1.807, 2.05) is 0 Å². The molecule has 102 valence electrons. The second kappa shape index (κ2) is 5.12. The van der Waals surface area contributed by atoms with Crippen LogP contribution in [0.1, 0.15) is 31.4 Å². The number of H-pyrrole nitrogens is 1. The third kappa shape index (κ3) is 2.82. The van der Waals surface area contributed by atoms with Gasteiger partial charge in [0.25, 0.3) is 10.0 Å². The molecular weight excluding hydrogens is 276 g/mol. The number of thiazole rings is 1. The summed E-state index contributed by atoms with van der Waals surface area (Å²) in [7, 11) is -3.73. The Kier molecular flexibility index (Phi) is 3.90. The lowest BCUT2D eigenvalue weighted by Crippen LogP contribution is -2.44. The zero-order valence-corrected chi connectivity index (χ0v) is 11.6. The molecule has 1 aliphatic carbocycles. The molecule has 18 heavy (non-hydrogen) atoms. The maximum Gasteiger partial charge on any atom is 0.305 e. The van der Waals surface area contributed by atoms with Crippen molar-refractivity contribution < 1.29 is 13.5 Å². The van der Waals surface area contributed by atoms with Gasteiger partial charge in [-0.05, 0) is 19.8 Å². The first-order valence-electron chi connectivity index (χ1n) is 5.80. The smallest absolute Gasteiger partial charge is 0.305 e. The molecule has 1 fully saturated rings. The van der Waals surface area contributed by atoms with Crippen molar-refractivity contribution >= 4 is 21.4 Å². The van der Waals surface area contributed by atoms with Gasteiger partial charge in [0.1, 0.15) is 0 Å². The van der Waals surface area contributed by atoms with Crippen molar-refractivity contribution in [1.82, 2.24) is 9.71 Å². The van der Waals surface area contributed by atoms with Gasteiger partial charge >= 0.3 is 4.87 Å². The number of hydrogen-bond acceptors (Lipinski definition) is 5. The largest absolute Gasteiger partial charge is 0.391 e. The summed E-state index contributed by atoms with van der Waals surface area (Å²) in [4.78, 5) is 13.2. The molecule has 2 unspecified atom stereocenters. The Morgan fingerprint density at radius 1 is 1.39 bits per heavy atom. The SMILES string of the molecule is Cc1[nH]c(=O)sc1S(=O)(=O)NC1CCCCC1O. The van der Waals surface area contributed by atoms with Crippen LogP contribution in [0.5, 0.6) is 0 Å². The summed E-state index contributed by atoms with van der Waals surface area (Å²) in [6, 6.07) is -0.458. The number of hydrogen-bond donors (Lipinski definition) is 3. The summed E-state index contributed by atoms with van der Waals surface area (Å²) in [5, 5.41) is 9.76. The van der Waals surface area contributed by atoms with Gasteiger partial charge < -0.3 is 10.1 Å². The fourth-order valence-corrected chi connectivity index (χ4v) is 4.77. The monoisotopic (exact) mass is 292 g/mol. The van der Waals surface area contributed by atoms with E-state index in [0.29, 0.717) is 29.9 Å². The highest BCUT2D eigenvalue weighted by atomic mass is 32.2. The van der Waals surface area contributed by atoms with Gasteiger partial charge in [0, 0.05) is 11.7 Å². The minimum Gasteiger partial charge on any atom is -0.391 e. The highest BCUT2D eigenvalue weighted by Crippen LogP contribution is 2.22. The molecule has 0 radical (unpaired) electrons. The Balaban J connectivity index is 2.21. The summed E-state index contributed by atoms with van der Waals surface area (Å²) in [5.74, 6) is 0. The number of aromatic nitrogens is 1. The lowest BCUT2D eigenvalue weighted by atomic mass is 9.93. The highest BCUT2D eigenvalue weighted by Gasteiger charge is 2.30. The Labute approximate surface area is 109 Å². The number of aryl methyl sites for hydroxylation is 1. The van der Waals surface area contributed by atoms with Crippen LogP contribution in [-0.2, 0) is 10.0 Å². The van der Waals surface area contributed by atoms with Crippen molar-refractivity contribution in [3.8, 4) is 0 Å². The topological polar surface area (TPSA) is 99.3 Å². The van der Waals surface area contributed by atoms with Gasteiger partial charge in [-0.1, -0.05) is 24.2 Å². The van der Waals surface area contributed by atoms with E-state index < -0.39 is 27.0 Å². The quantitative estimate of drug-likeness (QED) is 0.747. The predicted octanol–water partition coefficient (Wildman–Crippen LogP) is 0.327. The number of aliphatic hydroxyl groups is 1. The van der Waals surface area contributed by atoms with E-state index in [4.69, 9.17) is 0 Å². The van der Waals surface area contributed by atoms with E-state index >= 15 is 0 Å². The van der Waals surface area contributed by atoms with Crippen molar-refractivity contribution in [1.29, 1.82) is 0 Å². The lowest BCUT2D eigenvalue weighted by molar-refractivity contribution is 0.101. The summed E-state index contributed by atoms with van der Waals surface area (Å²) in [6.45, 7) is 1.55. The zero-order valence-electron chi connectivity index (χ0n) is 9.97. The Hall–Kier alpha value is -0.700. The van der Waals surface area contributed by atoms with E-state index in [2.05, 4.69) is 9.71 Å². The molecule has 3 N–H and O–H groups in total. The molecule has 2 atom stereocenters. The summed E-state index contributed by atoms with van der Waals surface area (Å²) >= 11 is 0.668. The second-order valence-electron chi connectivity index (χ2n) is 4.51. The van der Waals surface area contributed by atoms with Gasteiger partial charge in [-0.15, -0.1) is 0 Å². The van der Waals surface area contributed by atoms with Gasteiger partial charge in [-0.2, -0.15) is 0 Å². The molecule has 0 spiro atoms. The first kappa shape index (κ1) is 13.7. The van der Waals surface area contributed by atoms with Crippen LogP contribution in [0.15, 0.2) is 9.00 Å². The fourth-order valence-electron chi connectivity index (χ4n) is 2.15. The number of aliphatic hydroxyl groups excluding tert-OH is 1. The zero-order chi connectivity index (χ0) is 13.3. The first-order valence-corrected chi connectivity index (χ1v) is 8.10. The second-order valence-corrected chi connectivity index (χ2v) is 7.40. The molecule has 1 saturated carbocycles. The van der Waals surface area contributed by atoms with Crippen molar-refractivity contribution in [3.05, 3.63) is 15.4 Å². The number of aromatic amines is 1. The van der Waals surface area contributed by atoms with Crippen LogP contribution >= 0.6 is 11.3 Å². The van der Waals surface area contributed by atoms with Gasteiger partial charge in [0.05, 0.1) is 6.10 Å². The average Bonchev–Trinajstić information content (AvgIpc) is 2.62. The van der Waals surface area contributed by atoms with Crippen LogP contribution < -0.4 is 9.60 Å². The van der Waals surface area contributed by atoms with Gasteiger partial charge in [-0.25, -0.2) is 13.1 Å². The maximum atomic E-state index is 12.1. The highest BCUT2D eigenvalue weighted by molar-refractivity contribution is 7.91. The third-order valence-electron chi connectivity index (χ3n) is 3.06. The molecule has 1 aromatic rings. The molecule has 2 rings (SSSR count). The minimum absolute atomic E-state index is 0.00488. The minimum atomic E-state index is -3.73. The Bertz CT molecular complexity index is 575. The van der Waals surface area contributed by atoms with Crippen molar-refractivity contribution in [3.63, 3.8) is 0 Å². The van der Waals surface area contributed by atoms with Crippen LogP contribution in [0.25, 0.3) is 0 Å². The molecule has 1 aliphatic rings. The molecule has 0 aliphatic heterocycles. The Morgan fingerprint density at radius 2 is 2.06 bits per heavy atom. The summed E-state index contributed by atoms with van der Waals surface area (Å²) in [5.41, 5.74) is 0.336. The van der Waals surface area contributed by atoms with Gasteiger partial charge in [0.2, 0.25) is 0 Å². The molecule has 6 nitrogen and oxygen atoms in total. The van der Waals surface area contributed by atoms with Crippen LogP contribution in [0.3, 0.4) is 0 Å². The standard InChI is InChI=1S/C10H16N2O4S2/c1-6-9(17-10(14)11-6)18(15,16)12-7-4-2-3-5-8(7)13/h7-8,12-13H,2-5H2,1H3,(H,11,14). The number of nitrogens with one attached hydrogen (secondary N) is 2. The lowest BCUT2D eigenvalue weighted by Gasteiger charge is -2.27. The van der Waals surface area contributed by atoms with Crippen LogP contribution in [0.4, 0.5) is 0 Å². The van der Waals surface area contributed by atoms with Crippen molar-refractivity contribution in [2.75, 3.05) is 0 Å². The Morgan fingerprint density at radius 3 is 2.61 bits per heavy atom. The van der Waals surface area contributed by atoms with E-state index in [-0.39, 0.29) is 4.21 Å². The van der Waals surface area contributed by atoms with Crippen LogP contribution in [0.2, 0.25) is 0 Å². The number of sulfonamides is 1. The predicted molar refractivity (Wildman–Crippen MR) is 68.3 cm³/mol. The van der Waals surface area contributed by atoms with Gasteiger partial charge in [0.15, 0.2) is 4.21 Å². The molecule has 0 amide bonds. The normalized spacial score (nSPS) is 25.2. The number of rotatable bonds is 3. The van der Waals surface area contributed by atoms with Crippen LogP contribution in [-0.4, -0.2) is 30.7 Å². The van der Waals surface area contributed by atoms with Crippen molar-refractivity contribution in [2.45, 2.75) is 49.0 Å². The molecule has 1 aromatic heterocycles. The first-order chi connectivity index (χ1) is 8.40. The third-order valence-corrected chi connectivity index (χ3v) is 6.16.